The van der Waals surface area contributed by atoms with Crippen LogP contribution in [0.25, 0.3) is 0 Å². The second-order valence-corrected chi connectivity index (χ2v) is 4.71. The molecule has 80 valence electrons. The molecule has 1 fully saturated rings. The van der Waals surface area contributed by atoms with E-state index in [0.29, 0.717) is 0 Å². The van der Waals surface area contributed by atoms with Crippen LogP contribution in [0.1, 0.15) is 6.42 Å². The quantitative estimate of drug-likeness (QED) is 0.467. The molecule has 0 aromatic heterocycles. The summed E-state index contributed by atoms with van der Waals surface area (Å²) in [5.41, 5.74) is 0. The molecule has 1 heterocycles. The molecule has 3 N–H and O–H groups in total. The number of aliphatic hydroxyl groups excluding tert-OH is 1. The van der Waals surface area contributed by atoms with Gasteiger partial charge in [0.05, 0.1) is 10.0 Å². The number of amides is 1. The van der Waals surface area contributed by atoms with Gasteiger partial charge in [0, 0.05) is 13.0 Å². The van der Waals surface area contributed by atoms with Gasteiger partial charge in [0.1, 0.15) is 6.04 Å². The van der Waals surface area contributed by atoms with Crippen molar-refractivity contribution in [2.75, 3.05) is 6.54 Å². The molecular formula is C7H10INO5. The van der Waals surface area contributed by atoms with Crippen molar-refractivity contribution in [1.82, 2.24) is 4.90 Å². The van der Waals surface area contributed by atoms with Crippen LogP contribution in [0.3, 0.4) is 0 Å². The standard InChI is InChI=1S/C7H10INO5/c8-3-2-9(7(13)14)4(6(11)12)1-5(3)10/h3-5,10H,1-2H2,(H,11,12)(H,13,14)/t3-,4-,5-/m0/s1. The van der Waals surface area contributed by atoms with E-state index in [1.54, 1.807) is 0 Å². The predicted molar refractivity (Wildman–Crippen MR) is 54.6 cm³/mol. The minimum atomic E-state index is -1.26. The van der Waals surface area contributed by atoms with E-state index in [2.05, 4.69) is 0 Å². The topological polar surface area (TPSA) is 98.1 Å². The minimum Gasteiger partial charge on any atom is -0.480 e. The lowest BCUT2D eigenvalue weighted by Gasteiger charge is -2.36. The van der Waals surface area contributed by atoms with Gasteiger partial charge in [-0.25, -0.2) is 9.59 Å². The molecule has 1 amide bonds. The van der Waals surface area contributed by atoms with E-state index in [4.69, 9.17) is 10.2 Å². The van der Waals surface area contributed by atoms with Crippen LogP contribution in [0.15, 0.2) is 0 Å². The molecule has 0 spiro atoms. The van der Waals surface area contributed by atoms with E-state index in [1.807, 2.05) is 22.6 Å². The summed E-state index contributed by atoms with van der Waals surface area (Å²) in [6.07, 6.45) is -2.06. The highest BCUT2D eigenvalue weighted by molar-refractivity contribution is 14.1. The number of likely N-dealkylation sites (tertiary alicyclic amines) is 1. The Morgan fingerprint density at radius 3 is 2.36 bits per heavy atom. The zero-order valence-electron chi connectivity index (χ0n) is 7.13. The molecule has 0 aliphatic carbocycles. The highest BCUT2D eigenvalue weighted by atomic mass is 127. The summed E-state index contributed by atoms with van der Waals surface area (Å²) in [5, 5.41) is 26.9. The van der Waals surface area contributed by atoms with Crippen molar-refractivity contribution in [2.45, 2.75) is 22.5 Å². The van der Waals surface area contributed by atoms with Crippen molar-refractivity contribution in [3.05, 3.63) is 0 Å². The Morgan fingerprint density at radius 1 is 1.36 bits per heavy atom. The predicted octanol–water partition coefficient (Wildman–Crippen LogP) is -0.0122. The summed E-state index contributed by atoms with van der Waals surface area (Å²) in [6.45, 7) is 0.0496. The maximum absolute atomic E-state index is 10.7. The van der Waals surface area contributed by atoms with E-state index in [0.717, 1.165) is 4.90 Å². The average Bonchev–Trinajstić information content (AvgIpc) is 2.08. The van der Waals surface area contributed by atoms with Crippen molar-refractivity contribution in [2.24, 2.45) is 0 Å². The van der Waals surface area contributed by atoms with Gasteiger partial charge >= 0.3 is 12.1 Å². The van der Waals surface area contributed by atoms with Gasteiger partial charge in [-0.15, -0.1) is 0 Å². The first-order valence-electron chi connectivity index (χ1n) is 3.98. The summed E-state index contributed by atoms with van der Waals surface area (Å²) in [4.78, 5) is 22.3. The molecule has 0 bridgehead atoms. The van der Waals surface area contributed by atoms with Crippen LogP contribution < -0.4 is 0 Å². The zero-order chi connectivity index (χ0) is 10.9. The fraction of sp³-hybridized carbons (Fsp3) is 0.714. The third kappa shape index (κ3) is 2.27. The van der Waals surface area contributed by atoms with Gasteiger partial charge in [-0.2, -0.15) is 0 Å². The largest absolute Gasteiger partial charge is 0.480 e. The maximum atomic E-state index is 10.7. The summed E-state index contributed by atoms with van der Waals surface area (Å²) in [7, 11) is 0. The van der Waals surface area contributed by atoms with Crippen LogP contribution in [0.2, 0.25) is 0 Å². The number of hydrogen-bond donors (Lipinski definition) is 3. The fourth-order valence-corrected chi connectivity index (χ4v) is 2.10. The highest BCUT2D eigenvalue weighted by Gasteiger charge is 2.39. The Morgan fingerprint density at radius 2 is 1.93 bits per heavy atom. The summed E-state index contributed by atoms with van der Waals surface area (Å²) in [6, 6.07) is -1.13. The van der Waals surface area contributed by atoms with E-state index in [1.165, 1.54) is 0 Å². The molecule has 1 aliphatic rings. The Bertz CT molecular complexity index is 232. The number of carboxylic acid groups (broad SMARTS) is 2. The molecule has 3 atom stereocenters. The molecule has 7 heteroatoms. The molecule has 0 unspecified atom stereocenters. The number of carboxylic acids is 1. The zero-order valence-corrected chi connectivity index (χ0v) is 9.29. The van der Waals surface area contributed by atoms with Gasteiger partial charge in [-0.05, 0) is 0 Å². The van der Waals surface area contributed by atoms with E-state index < -0.39 is 24.2 Å². The number of nitrogens with zero attached hydrogens (tertiary/aromatic N) is 1. The van der Waals surface area contributed by atoms with Crippen LogP contribution in [0.5, 0.6) is 0 Å². The Kier molecular flexibility index (Phi) is 3.53. The molecule has 0 aromatic carbocycles. The third-order valence-corrected chi connectivity index (χ3v) is 3.38. The molecule has 6 nitrogen and oxygen atoms in total. The molecule has 1 saturated heterocycles. The van der Waals surface area contributed by atoms with Gasteiger partial charge in [-0.3, -0.25) is 4.90 Å². The van der Waals surface area contributed by atoms with E-state index in [9.17, 15) is 14.7 Å². The molecule has 0 saturated carbocycles. The normalized spacial score (nSPS) is 32.7. The average molecular weight is 315 g/mol. The van der Waals surface area contributed by atoms with Crippen molar-refractivity contribution < 1.29 is 24.9 Å². The van der Waals surface area contributed by atoms with Crippen LogP contribution >= 0.6 is 22.6 Å². The number of piperidine rings is 1. The van der Waals surface area contributed by atoms with Crippen LogP contribution in [-0.4, -0.2) is 54.9 Å². The van der Waals surface area contributed by atoms with Crippen molar-refractivity contribution in [3.63, 3.8) is 0 Å². The minimum absolute atomic E-state index is 0.0464. The molecule has 0 aromatic rings. The molecular weight excluding hydrogens is 305 g/mol. The first kappa shape index (κ1) is 11.5. The Hall–Kier alpha value is -0.570. The number of aliphatic hydroxyl groups is 1. The van der Waals surface area contributed by atoms with Gasteiger partial charge < -0.3 is 15.3 Å². The summed E-state index contributed by atoms with van der Waals surface area (Å²) < 4.78 is -0.251. The highest BCUT2D eigenvalue weighted by Crippen LogP contribution is 2.23. The molecule has 0 radical (unpaired) electrons. The third-order valence-electron chi connectivity index (χ3n) is 2.16. The monoisotopic (exact) mass is 315 g/mol. The lowest BCUT2D eigenvalue weighted by atomic mass is 10.0. The summed E-state index contributed by atoms with van der Waals surface area (Å²) in [5.74, 6) is -1.21. The van der Waals surface area contributed by atoms with Gasteiger partial charge in [-0.1, -0.05) is 22.6 Å². The smallest absolute Gasteiger partial charge is 0.408 e. The lowest BCUT2D eigenvalue weighted by molar-refractivity contribution is -0.145. The van der Waals surface area contributed by atoms with Gasteiger partial charge in [0.15, 0.2) is 0 Å². The van der Waals surface area contributed by atoms with Crippen molar-refractivity contribution >= 4 is 34.7 Å². The second kappa shape index (κ2) is 4.30. The number of alkyl halides is 1. The first-order valence-corrected chi connectivity index (χ1v) is 5.22. The molecule has 1 aliphatic heterocycles. The number of hydrogen-bond acceptors (Lipinski definition) is 3. The van der Waals surface area contributed by atoms with Crippen LogP contribution in [-0.2, 0) is 4.79 Å². The Labute approximate surface area is 93.7 Å². The number of halogens is 1. The van der Waals surface area contributed by atoms with Crippen LogP contribution in [0, 0.1) is 0 Å². The SMILES string of the molecule is O=C(O)[C@@H]1C[C@H](O)[C@@H](I)CN1C(=O)O. The number of carbonyl (C=O) groups is 2. The van der Waals surface area contributed by atoms with Gasteiger partial charge in [0.25, 0.3) is 0 Å². The van der Waals surface area contributed by atoms with Gasteiger partial charge in [0.2, 0.25) is 0 Å². The van der Waals surface area contributed by atoms with Crippen molar-refractivity contribution in [3.8, 4) is 0 Å². The number of rotatable bonds is 1. The summed E-state index contributed by atoms with van der Waals surface area (Å²) >= 11 is 1.92. The fourth-order valence-electron chi connectivity index (χ4n) is 1.39. The molecule has 14 heavy (non-hydrogen) atoms. The second-order valence-electron chi connectivity index (χ2n) is 3.11. The van der Waals surface area contributed by atoms with E-state index in [-0.39, 0.29) is 16.9 Å². The maximum Gasteiger partial charge on any atom is 0.408 e. The van der Waals surface area contributed by atoms with Crippen molar-refractivity contribution in [1.29, 1.82) is 0 Å². The first-order chi connectivity index (χ1) is 6.43. The van der Waals surface area contributed by atoms with E-state index >= 15 is 0 Å². The molecule has 1 rings (SSSR count). The lowest BCUT2D eigenvalue weighted by Crippen LogP contribution is -2.55. The number of aliphatic carboxylic acids is 1. The van der Waals surface area contributed by atoms with Crippen LogP contribution in [0.4, 0.5) is 4.79 Å². The Balaban J connectivity index is 2.80.